The minimum Gasteiger partial charge on any atom is -0.462 e. The first-order valence-electron chi connectivity index (χ1n) is 27.8. The van der Waals surface area contributed by atoms with Crippen molar-refractivity contribution in [1.29, 1.82) is 0 Å². The Balaban J connectivity index is 4.34. The zero-order valence-corrected chi connectivity index (χ0v) is 44.7. The minimum absolute atomic E-state index is 0.107. The monoisotopic (exact) mass is 965 g/mol. The van der Waals surface area contributed by atoms with Crippen molar-refractivity contribution in [3.05, 3.63) is 146 Å². The maximum atomic E-state index is 12.8. The third-order valence-corrected chi connectivity index (χ3v) is 11.1. The molecule has 70 heavy (non-hydrogen) atoms. The maximum Gasteiger partial charge on any atom is 0.306 e. The molecule has 0 fully saturated rings. The van der Waals surface area contributed by atoms with Gasteiger partial charge in [0, 0.05) is 19.3 Å². The van der Waals surface area contributed by atoms with E-state index in [1.807, 2.05) is 0 Å². The number of hydrogen-bond acceptors (Lipinski definition) is 6. The summed E-state index contributed by atoms with van der Waals surface area (Å²) in [4.78, 5) is 37.9. The van der Waals surface area contributed by atoms with Gasteiger partial charge in [-0.3, -0.25) is 14.4 Å². The van der Waals surface area contributed by atoms with E-state index >= 15 is 0 Å². The van der Waals surface area contributed by atoms with E-state index in [1.54, 1.807) is 0 Å². The van der Waals surface area contributed by atoms with Crippen molar-refractivity contribution in [2.45, 2.75) is 226 Å². The van der Waals surface area contributed by atoms with Gasteiger partial charge in [0.05, 0.1) is 0 Å². The average Bonchev–Trinajstić information content (AvgIpc) is 3.36. The number of carbonyl (C=O) groups is 3. The van der Waals surface area contributed by atoms with Gasteiger partial charge >= 0.3 is 17.9 Å². The molecule has 0 aromatic rings. The highest BCUT2D eigenvalue weighted by Crippen LogP contribution is 2.13. The summed E-state index contributed by atoms with van der Waals surface area (Å²) in [5.41, 5.74) is 0. The van der Waals surface area contributed by atoms with Crippen LogP contribution < -0.4 is 0 Å². The van der Waals surface area contributed by atoms with Gasteiger partial charge in [0.1, 0.15) is 13.2 Å². The molecule has 0 N–H and O–H groups in total. The third-order valence-electron chi connectivity index (χ3n) is 11.1. The highest BCUT2D eigenvalue weighted by Gasteiger charge is 2.19. The molecule has 0 saturated carbocycles. The van der Waals surface area contributed by atoms with E-state index in [0.717, 1.165) is 135 Å². The van der Waals surface area contributed by atoms with Crippen LogP contribution in [0.25, 0.3) is 0 Å². The molecule has 0 amide bonds. The number of rotatable bonds is 48. The topological polar surface area (TPSA) is 78.9 Å². The summed E-state index contributed by atoms with van der Waals surface area (Å²) in [6.45, 7) is 6.27. The van der Waals surface area contributed by atoms with Crippen molar-refractivity contribution in [2.75, 3.05) is 13.2 Å². The lowest BCUT2D eigenvalue weighted by Crippen LogP contribution is -2.30. The summed E-state index contributed by atoms with van der Waals surface area (Å²) in [6, 6.07) is 0. The highest BCUT2D eigenvalue weighted by atomic mass is 16.6. The smallest absolute Gasteiger partial charge is 0.306 e. The molecule has 0 aliphatic carbocycles. The van der Waals surface area contributed by atoms with Crippen molar-refractivity contribution >= 4 is 17.9 Å². The van der Waals surface area contributed by atoms with Crippen molar-refractivity contribution in [2.24, 2.45) is 0 Å². The van der Waals surface area contributed by atoms with Crippen LogP contribution in [-0.2, 0) is 28.6 Å². The van der Waals surface area contributed by atoms with Crippen LogP contribution in [0.4, 0.5) is 0 Å². The highest BCUT2D eigenvalue weighted by molar-refractivity contribution is 5.71. The van der Waals surface area contributed by atoms with Crippen LogP contribution in [0.2, 0.25) is 0 Å². The van der Waals surface area contributed by atoms with Gasteiger partial charge in [-0.1, -0.05) is 231 Å². The largest absolute Gasteiger partial charge is 0.462 e. The normalized spacial score (nSPS) is 13.2. The molecule has 1 unspecified atom stereocenters. The fourth-order valence-electron chi connectivity index (χ4n) is 6.99. The average molecular weight is 965 g/mol. The molecular weight excluding hydrogens is 865 g/mol. The predicted molar refractivity (Wildman–Crippen MR) is 302 cm³/mol. The van der Waals surface area contributed by atoms with E-state index in [0.29, 0.717) is 19.3 Å². The fourth-order valence-corrected chi connectivity index (χ4v) is 6.99. The maximum absolute atomic E-state index is 12.8. The van der Waals surface area contributed by atoms with Gasteiger partial charge in [-0.15, -0.1) is 0 Å². The van der Waals surface area contributed by atoms with Crippen LogP contribution in [0.15, 0.2) is 146 Å². The second-order valence-corrected chi connectivity index (χ2v) is 17.7. The molecule has 0 spiro atoms. The molecule has 0 aliphatic rings. The summed E-state index contributed by atoms with van der Waals surface area (Å²) in [5, 5.41) is 0. The Morgan fingerprint density at radius 2 is 0.571 bits per heavy atom. The van der Waals surface area contributed by atoms with E-state index in [-0.39, 0.29) is 37.5 Å². The molecule has 392 valence electrons. The first-order valence-corrected chi connectivity index (χ1v) is 27.8. The van der Waals surface area contributed by atoms with Crippen molar-refractivity contribution in [1.82, 2.24) is 0 Å². The number of esters is 3. The quantitative estimate of drug-likeness (QED) is 0.0262. The molecule has 0 rings (SSSR count). The van der Waals surface area contributed by atoms with Gasteiger partial charge < -0.3 is 14.2 Å². The lowest BCUT2D eigenvalue weighted by molar-refractivity contribution is -0.167. The van der Waals surface area contributed by atoms with Gasteiger partial charge in [-0.05, 0) is 116 Å². The zero-order chi connectivity index (χ0) is 50.7. The molecule has 0 bridgehead atoms. The van der Waals surface area contributed by atoms with Gasteiger partial charge in [-0.25, -0.2) is 0 Å². The number of carbonyl (C=O) groups excluding carboxylic acids is 3. The van der Waals surface area contributed by atoms with Gasteiger partial charge in [0.2, 0.25) is 0 Å². The molecule has 0 aromatic heterocycles. The number of hydrogen-bond donors (Lipinski definition) is 0. The Morgan fingerprint density at radius 1 is 0.300 bits per heavy atom. The summed E-state index contributed by atoms with van der Waals surface area (Å²) in [5.74, 6) is -0.999. The van der Waals surface area contributed by atoms with Crippen LogP contribution in [-0.4, -0.2) is 37.2 Å². The van der Waals surface area contributed by atoms with Crippen LogP contribution in [0, 0.1) is 0 Å². The SMILES string of the molecule is CC/C=C\C/C=C\C/C=C\C/C=C\C/C=C\C/C=C\C/C=C\CCCC(=O)OCC(COC(=O)CCCCCCCC)OC(=O)CCCCCCCCC/C=C\C/C=C\C/C=C\C/C=C\C/C=C\CC. The summed E-state index contributed by atoms with van der Waals surface area (Å²) in [7, 11) is 0. The molecular formula is C64H100O6. The van der Waals surface area contributed by atoms with E-state index in [4.69, 9.17) is 14.2 Å². The van der Waals surface area contributed by atoms with Crippen LogP contribution in [0.1, 0.15) is 220 Å². The molecule has 0 radical (unpaired) electrons. The third kappa shape index (κ3) is 54.2. The number of allylic oxidation sites excluding steroid dienone is 24. The Morgan fingerprint density at radius 3 is 0.929 bits per heavy atom. The van der Waals surface area contributed by atoms with Gasteiger partial charge in [0.25, 0.3) is 0 Å². The summed E-state index contributed by atoms with van der Waals surface area (Å²) in [6.07, 6.45) is 81.5. The molecule has 1 atom stereocenters. The van der Waals surface area contributed by atoms with Crippen LogP contribution >= 0.6 is 0 Å². The van der Waals surface area contributed by atoms with Crippen LogP contribution in [0.3, 0.4) is 0 Å². The van der Waals surface area contributed by atoms with E-state index in [1.165, 1.54) is 38.5 Å². The van der Waals surface area contributed by atoms with Gasteiger partial charge in [0.15, 0.2) is 6.10 Å². The van der Waals surface area contributed by atoms with E-state index < -0.39 is 6.10 Å². The number of unbranched alkanes of at least 4 members (excludes halogenated alkanes) is 13. The standard InChI is InChI=1S/C64H100O6/c1-4-7-10-13-16-18-20-22-24-26-28-30-32-34-36-38-40-42-44-46-48-51-54-57-63(66)69-60-61(59-68-62(65)56-53-50-15-12-9-6-3)70-64(67)58-55-52-49-47-45-43-41-39-37-35-33-31-29-27-25-23-21-19-17-14-11-8-5-2/h7-8,10-11,16-19,22-25,28-31,34-37,40,42,46,48,61H,4-6,9,12-15,20-21,26-27,32-33,38-39,41,43-45,47,49-60H2,1-3H3/b10-7-,11-8-,18-16-,19-17-,24-22-,25-23-,30-28-,31-29-,36-34-,37-35-,42-40-,48-46-. The first-order chi connectivity index (χ1) is 34.5. The molecule has 0 heterocycles. The Kier molecular flexibility index (Phi) is 53.0. The van der Waals surface area contributed by atoms with Crippen molar-refractivity contribution < 1.29 is 28.6 Å². The predicted octanol–water partition coefficient (Wildman–Crippen LogP) is 18.8. The second-order valence-electron chi connectivity index (χ2n) is 17.7. The lowest BCUT2D eigenvalue weighted by atomic mass is 10.1. The zero-order valence-electron chi connectivity index (χ0n) is 44.7. The lowest BCUT2D eigenvalue weighted by Gasteiger charge is -2.18. The molecule has 6 nitrogen and oxygen atoms in total. The molecule has 0 aromatic carbocycles. The Hall–Kier alpha value is -4.71. The van der Waals surface area contributed by atoms with Gasteiger partial charge in [-0.2, -0.15) is 0 Å². The van der Waals surface area contributed by atoms with Crippen LogP contribution in [0.5, 0.6) is 0 Å². The van der Waals surface area contributed by atoms with Crippen molar-refractivity contribution in [3.8, 4) is 0 Å². The second kappa shape index (κ2) is 56.9. The van der Waals surface area contributed by atoms with Crippen molar-refractivity contribution in [3.63, 3.8) is 0 Å². The van der Waals surface area contributed by atoms with E-state index in [9.17, 15) is 14.4 Å². The molecule has 6 heteroatoms. The minimum atomic E-state index is -0.811. The Labute approximate surface area is 429 Å². The number of ether oxygens (including phenoxy) is 3. The molecule has 0 aliphatic heterocycles. The summed E-state index contributed by atoms with van der Waals surface area (Å²) < 4.78 is 16.7. The summed E-state index contributed by atoms with van der Waals surface area (Å²) >= 11 is 0. The Bertz CT molecular complexity index is 1580. The fraction of sp³-hybridized carbons (Fsp3) is 0.578. The molecule has 0 saturated heterocycles. The van der Waals surface area contributed by atoms with E-state index in [2.05, 4.69) is 167 Å². The first kappa shape index (κ1) is 65.3.